The molecule has 0 spiro atoms. The largest absolute Gasteiger partial charge is 0.337 e. The van der Waals surface area contributed by atoms with Crippen molar-refractivity contribution in [2.24, 2.45) is 0 Å². The zero-order valence-electron chi connectivity index (χ0n) is 14.0. The Morgan fingerprint density at radius 1 is 1.50 bits per heavy atom. The molecule has 2 heterocycles. The highest BCUT2D eigenvalue weighted by Gasteiger charge is 2.30. The van der Waals surface area contributed by atoms with Gasteiger partial charge in [-0.25, -0.2) is 0 Å². The maximum atomic E-state index is 12.8. The van der Waals surface area contributed by atoms with Crippen LogP contribution in [0, 0.1) is 10.1 Å². The molecule has 2 atom stereocenters. The van der Waals surface area contributed by atoms with E-state index in [-0.39, 0.29) is 23.3 Å². The molecule has 2 unspecified atom stereocenters. The molecule has 0 aliphatic carbocycles. The minimum Gasteiger partial charge on any atom is -0.337 e. The zero-order chi connectivity index (χ0) is 17.4. The first kappa shape index (κ1) is 16.4. The number of non-ortho nitro benzene ring substituents is 1. The monoisotopic (exact) mass is 331 g/mol. The van der Waals surface area contributed by atoms with Crippen molar-refractivity contribution in [1.82, 2.24) is 20.0 Å². The third kappa shape index (κ3) is 2.84. The summed E-state index contributed by atoms with van der Waals surface area (Å²) < 4.78 is 0. The number of hydrogen-bond acceptors (Lipinski definition) is 5. The van der Waals surface area contributed by atoms with Crippen LogP contribution in [0.3, 0.4) is 0 Å². The minimum atomic E-state index is -0.469. The number of aromatic nitrogens is 2. The number of piperidine rings is 1. The van der Waals surface area contributed by atoms with Crippen molar-refractivity contribution in [3.8, 4) is 0 Å². The Morgan fingerprint density at radius 3 is 2.92 bits per heavy atom. The van der Waals surface area contributed by atoms with Crippen LogP contribution >= 0.6 is 0 Å². The van der Waals surface area contributed by atoms with E-state index in [1.807, 2.05) is 0 Å². The van der Waals surface area contributed by atoms with Gasteiger partial charge in [0.25, 0.3) is 11.6 Å². The Hall–Kier alpha value is -2.48. The van der Waals surface area contributed by atoms with Crippen molar-refractivity contribution < 1.29 is 9.72 Å². The Kier molecular flexibility index (Phi) is 4.23. The minimum absolute atomic E-state index is 0.0477. The topological polar surface area (TPSA) is 95.4 Å². The molecular formula is C16H21N5O3. The van der Waals surface area contributed by atoms with Crippen molar-refractivity contribution in [1.29, 1.82) is 0 Å². The van der Waals surface area contributed by atoms with Crippen LogP contribution in [0.5, 0.6) is 0 Å². The number of likely N-dealkylation sites (tertiary alicyclic amines) is 1. The van der Waals surface area contributed by atoms with Gasteiger partial charge in [0.2, 0.25) is 0 Å². The quantitative estimate of drug-likeness (QED) is 0.686. The van der Waals surface area contributed by atoms with E-state index in [2.05, 4.69) is 29.1 Å². The van der Waals surface area contributed by atoms with Gasteiger partial charge >= 0.3 is 0 Å². The first-order valence-corrected chi connectivity index (χ1v) is 7.98. The number of amides is 1. The summed E-state index contributed by atoms with van der Waals surface area (Å²) in [6.07, 6.45) is 1.81. The molecule has 128 valence electrons. The third-order valence-corrected chi connectivity index (χ3v) is 5.01. The van der Waals surface area contributed by atoms with Gasteiger partial charge < -0.3 is 9.80 Å². The molecule has 24 heavy (non-hydrogen) atoms. The van der Waals surface area contributed by atoms with Gasteiger partial charge in [-0.2, -0.15) is 5.10 Å². The average molecular weight is 331 g/mol. The number of nitro benzene ring substituents is 1. The fraction of sp³-hybridized carbons (Fsp3) is 0.500. The molecule has 1 N–H and O–H groups in total. The van der Waals surface area contributed by atoms with Crippen molar-refractivity contribution in [2.75, 3.05) is 20.6 Å². The Morgan fingerprint density at radius 2 is 2.25 bits per heavy atom. The highest BCUT2D eigenvalue weighted by atomic mass is 16.6. The maximum Gasteiger partial charge on any atom is 0.274 e. The predicted octanol–water partition coefficient (Wildman–Crippen LogP) is 2.03. The number of nitro groups is 1. The van der Waals surface area contributed by atoms with Gasteiger partial charge in [-0.15, -0.1) is 0 Å². The highest BCUT2D eigenvalue weighted by Crippen LogP contribution is 2.25. The zero-order valence-corrected chi connectivity index (χ0v) is 14.0. The number of hydrogen-bond donors (Lipinski definition) is 1. The lowest BCUT2D eigenvalue weighted by Gasteiger charge is -2.39. The van der Waals surface area contributed by atoms with Crippen LogP contribution in [-0.2, 0) is 0 Å². The van der Waals surface area contributed by atoms with Gasteiger partial charge in [0.15, 0.2) is 5.69 Å². The van der Waals surface area contributed by atoms with Crippen LogP contribution in [0.2, 0.25) is 0 Å². The normalized spacial score (nSPS) is 21.8. The number of H-pyrrole nitrogens is 1. The van der Waals surface area contributed by atoms with Crippen molar-refractivity contribution >= 4 is 22.5 Å². The van der Waals surface area contributed by atoms with Crippen molar-refractivity contribution in [2.45, 2.75) is 31.8 Å². The first-order chi connectivity index (χ1) is 11.4. The molecule has 3 rings (SSSR count). The van der Waals surface area contributed by atoms with Crippen molar-refractivity contribution in [3.63, 3.8) is 0 Å². The lowest BCUT2D eigenvalue weighted by molar-refractivity contribution is -0.384. The van der Waals surface area contributed by atoms with Crippen LogP contribution in [0.25, 0.3) is 10.9 Å². The molecule has 0 radical (unpaired) electrons. The van der Waals surface area contributed by atoms with E-state index in [0.717, 1.165) is 19.4 Å². The number of aromatic amines is 1. The summed E-state index contributed by atoms with van der Waals surface area (Å²) >= 11 is 0. The third-order valence-electron chi connectivity index (χ3n) is 5.01. The standard InChI is InChI=1S/C16H21N5O3/c1-10-8-11(6-7-19(10)2)20(3)16(22)15-13-9-12(21(23)24)4-5-14(13)17-18-15/h4-5,9-11H,6-8H2,1-3H3,(H,17,18). The van der Waals surface area contributed by atoms with Crippen LogP contribution in [0.1, 0.15) is 30.3 Å². The van der Waals surface area contributed by atoms with Gasteiger partial charge in [-0.1, -0.05) is 0 Å². The fourth-order valence-corrected chi connectivity index (χ4v) is 3.23. The van der Waals surface area contributed by atoms with E-state index in [0.29, 0.717) is 16.9 Å². The number of nitrogens with one attached hydrogen (secondary N) is 1. The predicted molar refractivity (Wildman–Crippen MR) is 90.0 cm³/mol. The number of benzene rings is 1. The molecule has 1 aliphatic heterocycles. The molecule has 1 aromatic carbocycles. The summed E-state index contributed by atoms with van der Waals surface area (Å²) in [5.41, 5.74) is 0.811. The van der Waals surface area contributed by atoms with Gasteiger partial charge in [0.05, 0.1) is 10.4 Å². The van der Waals surface area contributed by atoms with Crippen LogP contribution in [0.4, 0.5) is 5.69 Å². The molecule has 2 aromatic rings. The van der Waals surface area contributed by atoms with E-state index in [1.54, 1.807) is 18.0 Å². The second-order valence-corrected chi connectivity index (χ2v) is 6.48. The van der Waals surface area contributed by atoms with E-state index in [4.69, 9.17) is 0 Å². The summed E-state index contributed by atoms with van der Waals surface area (Å²) in [5.74, 6) is -0.205. The summed E-state index contributed by atoms with van der Waals surface area (Å²) in [7, 11) is 3.87. The number of nitrogens with zero attached hydrogens (tertiary/aromatic N) is 4. The van der Waals surface area contributed by atoms with E-state index < -0.39 is 4.92 Å². The van der Waals surface area contributed by atoms with Crippen molar-refractivity contribution in [3.05, 3.63) is 34.0 Å². The van der Waals surface area contributed by atoms with Crippen LogP contribution < -0.4 is 0 Å². The Bertz CT molecular complexity index is 787. The van der Waals surface area contributed by atoms with E-state index >= 15 is 0 Å². The number of fused-ring (bicyclic) bond motifs is 1. The molecule has 0 saturated carbocycles. The average Bonchev–Trinajstić information content (AvgIpc) is 2.99. The van der Waals surface area contributed by atoms with Crippen LogP contribution in [0.15, 0.2) is 18.2 Å². The molecule has 1 saturated heterocycles. The summed E-state index contributed by atoms with van der Waals surface area (Å²) in [6, 6.07) is 4.94. The lowest BCUT2D eigenvalue weighted by Crippen LogP contribution is -2.48. The Balaban J connectivity index is 1.88. The maximum absolute atomic E-state index is 12.8. The molecule has 8 heteroatoms. The van der Waals surface area contributed by atoms with Gasteiger partial charge in [-0.3, -0.25) is 20.0 Å². The number of carbonyl (C=O) groups excluding carboxylic acids is 1. The molecule has 1 fully saturated rings. The smallest absolute Gasteiger partial charge is 0.274 e. The van der Waals surface area contributed by atoms with Gasteiger partial charge in [0, 0.05) is 43.2 Å². The van der Waals surface area contributed by atoms with Crippen LogP contribution in [-0.4, -0.2) is 63.6 Å². The highest BCUT2D eigenvalue weighted by molar-refractivity contribution is 6.05. The molecule has 0 bridgehead atoms. The number of carbonyl (C=O) groups is 1. The number of rotatable bonds is 3. The van der Waals surface area contributed by atoms with Gasteiger partial charge in [-0.05, 0) is 32.9 Å². The van der Waals surface area contributed by atoms with E-state index in [1.165, 1.54) is 12.1 Å². The second-order valence-electron chi connectivity index (χ2n) is 6.48. The van der Waals surface area contributed by atoms with Gasteiger partial charge in [0.1, 0.15) is 0 Å². The Labute approximate surface area is 139 Å². The molecular weight excluding hydrogens is 310 g/mol. The first-order valence-electron chi connectivity index (χ1n) is 7.98. The summed E-state index contributed by atoms with van der Waals surface area (Å²) in [4.78, 5) is 27.3. The molecule has 1 aromatic heterocycles. The summed E-state index contributed by atoms with van der Waals surface area (Å²) in [6.45, 7) is 3.09. The second kappa shape index (κ2) is 6.20. The lowest BCUT2D eigenvalue weighted by atomic mass is 9.97. The molecule has 8 nitrogen and oxygen atoms in total. The molecule has 1 amide bonds. The molecule has 1 aliphatic rings. The van der Waals surface area contributed by atoms with E-state index in [9.17, 15) is 14.9 Å². The SMILES string of the molecule is CC1CC(N(C)C(=O)c2n[nH]c3ccc([N+](=O)[O-])cc23)CCN1C. The fourth-order valence-electron chi connectivity index (χ4n) is 3.23. The summed E-state index contributed by atoms with van der Waals surface area (Å²) in [5, 5.41) is 18.3.